The smallest absolute Gasteiger partial charge is 0.0497 e. The van der Waals surface area contributed by atoms with Crippen LogP contribution in [0.25, 0.3) is 0 Å². The molecule has 1 nitrogen and oxygen atoms in total. The molecule has 0 aromatic rings. The van der Waals surface area contributed by atoms with Crippen LogP contribution in [0, 0.1) is 11.8 Å². The van der Waals surface area contributed by atoms with Crippen LogP contribution >= 0.6 is 22.6 Å². The number of alkyl halides is 1. The normalized spacial score (nSPS) is 43.2. The first-order chi connectivity index (χ1) is 5.86. The summed E-state index contributed by atoms with van der Waals surface area (Å²) >= 11 is 2.60. The highest BCUT2D eigenvalue weighted by Gasteiger charge is 2.28. The van der Waals surface area contributed by atoms with E-state index in [1.54, 1.807) is 0 Å². The fraction of sp³-hybridized carbons (Fsp3) is 1.00. The lowest BCUT2D eigenvalue weighted by molar-refractivity contribution is 0.161. The van der Waals surface area contributed by atoms with Crippen LogP contribution in [0.2, 0.25) is 0 Å². The molecule has 0 bridgehead atoms. The highest BCUT2D eigenvalue weighted by molar-refractivity contribution is 14.1. The zero-order valence-electron chi connectivity index (χ0n) is 7.47. The fourth-order valence-electron chi connectivity index (χ4n) is 2.47. The van der Waals surface area contributed by atoms with Crippen LogP contribution in [-0.4, -0.2) is 17.1 Å². The van der Waals surface area contributed by atoms with Crippen molar-refractivity contribution in [2.24, 2.45) is 11.8 Å². The monoisotopic (exact) mass is 280 g/mol. The van der Waals surface area contributed by atoms with E-state index in [4.69, 9.17) is 4.74 Å². The van der Waals surface area contributed by atoms with Crippen molar-refractivity contribution in [2.75, 3.05) is 13.2 Å². The highest BCUT2D eigenvalue weighted by Crippen LogP contribution is 2.36. The lowest BCUT2D eigenvalue weighted by Gasteiger charge is -2.28. The van der Waals surface area contributed by atoms with Gasteiger partial charge in [-0.05, 0) is 43.9 Å². The number of rotatable bonds is 1. The van der Waals surface area contributed by atoms with Gasteiger partial charge in [0, 0.05) is 17.1 Å². The van der Waals surface area contributed by atoms with Gasteiger partial charge in [0.25, 0.3) is 0 Å². The van der Waals surface area contributed by atoms with Gasteiger partial charge < -0.3 is 4.74 Å². The SMILES string of the molecule is IC1CCC(C2CCOC2)CC1. The summed E-state index contributed by atoms with van der Waals surface area (Å²) in [6, 6.07) is 0. The minimum atomic E-state index is 0.911. The van der Waals surface area contributed by atoms with Crippen LogP contribution in [0.4, 0.5) is 0 Å². The molecule has 1 saturated heterocycles. The summed E-state index contributed by atoms with van der Waals surface area (Å²) in [5.41, 5.74) is 0. The van der Waals surface area contributed by atoms with E-state index in [0.29, 0.717) is 0 Å². The molecule has 1 heterocycles. The lowest BCUT2D eigenvalue weighted by atomic mass is 9.80. The standard InChI is InChI=1S/C10H17IO/c11-10-3-1-8(2-4-10)9-5-6-12-7-9/h8-10H,1-7H2. The van der Waals surface area contributed by atoms with Crippen molar-refractivity contribution in [2.45, 2.75) is 36.0 Å². The largest absolute Gasteiger partial charge is 0.381 e. The van der Waals surface area contributed by atoms with Gasteiger partial charge in [-0.3, -0.25) is 0 Å². The molecule has 12 heavy (non-hydrogen) atoms. The Hall–Kier alpha value is 0.690. The summed E-state index contributed by atoms with van der Waals surface area (Å²) in [6.07, 6.45) is 7.14. The molecule has 1 saturated carbocycles. The first kappa shape index (κ1) is 9.25. The van der Waals surface area contributed by atoms with Gasteiger partial charge in [-0.1, -0.05) is 22.6 Å². The van der Waals surface area contributed by atoms with Crippen molar-refractivity contribution in [3.63, 3.8) is 0 Å². The van der Waals surface area contributed by atoms with Crippen molar-refractivity contribution in [1.82, 2.24) is 0 Å². The van der Waals surface area contributed by atoms with E-state index in [-0.39, 0.29) is 0 Å². The number of hydrogen-bond donors (Lipinski definition) is 0. The van der Waals surface area contributed by atoms with Gasteiger partial charge in [0.15, 0.2) is 0 Å². The molecule has 0 amide bonds. The first-order valence-electron chi connectivity index (χ1n) is 5.08. The summed E-state index contributed by atoms with van der Waals surface area (Å²) < 4.78 is 6.39. The summed E-state index contributed by atoms with van der Waals surface area (Å²) in [5, 5.41) is 0. The Labute approximate surface area is 88.4 Å². The molecule has 1 aliphatic carbocycles. The molecule has 0 radical (unpaired) electrons. The fourth-order valence-corrected chi connectivity index (χ4v) is 3.19. The topological polar surface area (TPSA) is 9.23 Å². The van der Waals surface area contributed by atoms with E-state index in [9.17, 15) is 0 Å². The van der Waals surface area contributed by atoms with E-state index in [0.717, 1.165) is 29.0 Å². The summed E-state index contributed by atoms with van der Waals surface area (Å²) in [4.78, 5) is 0. The molecule has 0 N–H and O–H groups in total. The summed E-state index contributed by atoms with van der Waals surface area (Å²) in [7, 11) is 0. The van der Waals surface area contributed by atoms with E-state index < -0.39 is 0 Å². The molecule has 0 spiro atoms. The molecule has 2 rings (SSSR count). The molecule has 0 aromatic carbocycles. The summed E-state index contributed by atoms with van der Waals surface area (Å²) in [6.45, 7) is 2.07. The van der Waals surface area contributed by atoms with E-state index in [2.05, 4.69) is 22.6 Å². The number of hydrogen-bond acceptors (Lipinski definition) is 1. The Morgan fingerprint density at radius 3 is 2.25 bits per heavy atom. The third kappa shape index (κ3) is 2.13. The van der Waals surface area contributed by atoms with Crippen molar-refractivity contribution in [3.8, 4) is 0 Å². The molecule has 2 aliphatic rings. The van der Waals surface area contributed by atoms with Crippen LogP contribution < -0.4 is 0 Å². The highest BCUT2D eigenvalue weighted by atomic mass is 127. The third-order valence-electron chi connectivity index (χ3n) is 3.33. The Morgan fingerprint density at radius 1 is 0.917 bits per heavy atom. The molecule has 70 valence electrons. The van der Waals surface area contributed by atoms with Crippen LogP contribution in [0.3, 0.4) is 0 Å². The van der Waals surface area contributed by atoms with Crippen molar-refractivity contribution in [3.05, 3.63) is 0 Å². The van der Waals surface area contributed by atoms with Gasteiger partial charge in [-0.2, -0.15) is 0 Å². The van der Waals surface area contributed by atoms with Gasteiger partial charge in [-0.15, -0.1) is 0 Å². The second-order valence-electron chi connectivity index (χ2n) is 4.14. The van der Waals surface area contributed by atoms with Crippen LogP contribution in [0.1, 0.15) is 32.1 Å². The van der Waals surface area contributed by atoms with Gasteiger partial charge in [0.2, 0.25) is 0 Å². The minimum absolute atomic E-state index is 0.911. The van der Waals surface area contributed by atoms with Crippen molar-refractivity contribution in [1.29, 1.82) is 0 Å². The van der Waals surface area contributed by atoms with E-state index >= 15 is 0 Å². The summed E-state index contributed by atoms with van der Waals surface area (Å²) in [5.74, 6) is 1.91. The van der Waals surface area contributed by atoms with Crippen LogP contribution in [0.5, 0.6) is 0 Å². The Balaban J connectivity index is 1.80. The Morgan fingerprint density at radius 2 is 1.67 bits per heavy atom. The van der Waals surface area contributed by atoms with Crippen molar-refractivity contribution < 1.29 is 4.74 Å². The van der Waals surface area contributed by atoms with Gasteiger partial charge in [-0.25, -0.2) is 0 Å². The Kier molecular flexibility index (Phi) is 3.29. The van der Waals surface area contributed by atoms with Crippen LogP contribution in [-0.2, 0) is 4.74 Å². The molecular weight excluding hydrogens is 263 g/mol. The second kappa shape index (κ2) is 4.27. The van der Waals surface area contributed by atoms with Gasteiger partial charge in [0.1, 0.15) is 0 Å². The quantitative estimate of drug-likeness (QED) is 0.530. The minimum Gasteiger partial charge on any atom is -0.381 e. The van der Waals surface area contributed by atoms with E-state index in [1.165, 1.54) is 32.1 Å². The first-order valence-corrected chi connectivity index (χ1v) is 6.32. The second-order valence-corrected chi connectivity index (χ2v) is 5.90. The predicted molar refractivity (Wildman–Crippen MR) is 58.7 cm³/mol. The maximum atomic E-state index is 5.44. The molecular formula is C10H17IO. The number of halogens is 1. The average Bonchev–Trinajstić information content (AvgIpc) is 2.58. The molecule has 2 heteroatoms. The predicted octanol–water partition coefficient (Wildman–Crippen LogP) is 3.02. The number of ether oxygens (including phenoxy) is 1. The lowest BCUT2D eigenvalue weighted by Crippen LogP contribution is -2.21. The van der Waals surface area contributed by atoms with Gasteiger partial charge >= 0.3 is 0 Å². The molecule has 1 unspecified atom stereocenters. The zero-order valence-corrected chi connectivity index (χ0v) is 9.63. The van der Waals surface area contributed by atoms with Crippen LogP contribution in [0.15, 0.2) is 0 Å². The molecule has 1 aliphatic heterocycles. The zero-order chi connectivity index (χ0) is 8.39. The molecule has 0 aromatic heterocycles. The molecule has 1 atom stereocenters. The third-order valence-corrected chi connectivity index (χ3v) is 4.58. The van der Waals surface area contributed by atoms with E-state index in [1.807, 2.05) is 0 Å². The maximum absolute atomic E-state index is 5.44. The maximum Gasteiger partial charge on any atom is 0.0497 e. The molecule has 2 fully saturated rings. The van der Waals surface area contributed by atoms with Crippen molar-refractivity contribution >= 4 is 22.6 Å². The average molecular weight is 280 g/mol. The Bertz CT molecular complexity index is 135. The van der Waals surface area contributed by atoms with Gasteiger partial charge in [0.05, 0.1) is 0 Å².